The maximum atomic E-state index is 11.1. The lowest BCUT2D eigenvalue weighted by molar-refractivity contribution is -0.116. The first-order valence-corrected chi connectivity index (χ1v) is 5.00. The Kier molecular flexibility index (Phi) is 3.76. The average Bonchev–Trinajstić information content (AvgIpc) is 2.30. The van der Waals surface area contributed by atoms with Crippen LogP contribution in [0.3, 0.4) is 0 Å². The third-order valence-corrected chi connectivity index (χ3v) is 2.27. The highest BCUT2D eigenvalue weighted by Crippen LogP contribution is 2.19. The van der Waals surface area contributed by atoms with Gasteiger partial charge in [0.25, 0.3) is 5.91 Å². The van der Waals surface area contributed by atoms with Gasteiger partial charge in [-0.25, -0.2) is 0 Å². The van der Waals surface area contributed by atoms with Crippen LogP contribution in [0.4, 0.5) is 0 Å². The highest BCUT2D eigenvalue weighted by Gasteiger charge is 2.30. The number of hydrogen-bond acceptors (Lipinski definition) is 2. The van der Waals surface area contributed by atoms with Gasteiger partial charge in [-0.3, -0.25) is 4.79 Å². The summed E-state index contributed by atoms with van der Waals surface area (Å²) in [7, 11) is 0. The van der Waals surface area contributed by atoms with Gasteiger partial charge in [0.05, 0.1) is 18.2 Å². The molecule has 0 spiro atoms. The Morgan fingerprint density at radius 1 is 1.62 bits per heavy atom. The molecule has 3 atom stereocenters. The van der Waals surface area contributed by atoms with E-state index in [9.17, 15) is 4.79 Å². The van der Waals surface area contributed by atoms with E-state index in [1.165, 1.54) is 0 Å². The van der Waals surface area contributed by atoms with E-state index in [4.69, 9.17) is 4.74 Å². The molecule has 0 aromatic rings. The Balaban J connectivity index is 2.44. The quantitative estimate of drug-likeness (QED) is 0.701. The summed E-state index contributed by atoms with van der Waals surface area (Å²) in [5.41, 5.74) is 0. The van der Waals surface area contributed by atoms with Gasteiger partial charge in [0.2, 0.25) is 0 Å². The van der Waals surface area contributed by atoms with E-state index in [-0.39, 0.29) is 24.2 Å². The van der Waals surface area contributed by atoms with Crippen molar-refractivity contribution in [1.29, 1.82) is 0 Å². The summed E-state index contributed by atoms with van der Waals surface area (Å²) in [6.45, 7) is 3.95. The molecule has 13 heavy (non-hydrogen) atoms. The van der Waals surface area contributed by atoms with Crippen LogP contribution >= 0.6 is 15.9 Å². The monoisotopic (exact) mass is 245 g/mol. The molecular formula is C9H12BrNO2. The molecule has 0 saturated carbocycles. The molecule has 1 fully saturated rings. The molecular weight excluding hydrogens is 234 g/mol. The fourth-order valence-electron chi connectivity index (χ4n) is 1.49. The minimum Gasteiger partial charge on any atom is -0.373 e. The number of amides is 1. The number of carbonyl (C=O) groups is 1. The average molecular weight is 246 g/mol. The molecule has 1 saturated heterocycles. The lowest BCUT2D eigenvalue weighted by Crippen LogP contribution is -2.38. The van der Waals surface area contributed by atoms with Gasteiger partial charge in [0.15, 0.2) is 0 Å². The summed E-state index contributed by atoms with van der Waals surface area (Å²) in [6, 6.07) is 0.0934. The minimum absolute atomic E-state index is 0.0797. The molecule has 0 aromatic carbocycles. The first-order valence-electron chi connectivity index (χ1n) is 4.21. The van der Waals surface area contributed by atoms with Crippen LogP contribution in [0.25, 0.3) is 0 Å². The molecule has 72 valence electrons. The maximum Gasteiger partial charge on any atom is 0.297 e. The van der Waals surface area contributed by atoms with Crippen molar-refractivity contribution in [2.24, 2.45) is 0 Å². The summed E-state index contributed by atoms with van der Waals surface area (Å²) in [5, 5.41) is 2.79. The lowest BCUT2D eigenvalue weighted by Gasteiger charge is -2.13. The second-order valence-corrected chi connectivity index (χ2v) is 3.58. The smallest absolute Gasteiger partial charge is 0.297 e. The number of rotatable bonds is 1. The minimum atomic E-state index is -0.258. The van der Waals surface area contributed by atoms with Crippen molar-refractivity contribution in [2.45, 2.75) is 38.5 Å². The standard InChI is InChI=1S/C9H12BrNO2/c1-6-5-8(7(2)13-6)11-9(12)3-4-10/h6-8H,5H2,1-2H3,(H,11,12). The highest BCUT2D eigenvalue weighted by molar-refractivity contribution is 9.12. The van der Waals surface area contributed by atoms with Crippen LogP contribution in [0.1, 0.15) is 20.3 Å². The molecule has 1 amide bonds. The molecule has 4 heteroatoms. The van der Waals surface area contributed by atoms with Gasteiger partial charge >= 0.3 is 0 Å². The van der Waals surface area contributed by atoms with Gasteiger partial charge in [-0.15, -0.1) is 0 Å². The summed E-state index contributed by atoms with van der Waals surface area (Å²) in [4.78, 5) is 13.5. The van der Waals surface area contributed by atoms with Gasteiger partial charge in [-0.05, 0) is 25.1 Å². The predicted molar refractivity (Wildman–Crippen MR) is 53.3 cm³/mol. The number of ether oxygens (including phenoxy) is 1. The zero-order valence-corrected chi connectivity index (χ0v) is 9.22. The molecule has 0 radical (unpaired) electrons. The van der Waals surface area contributed by atoms with Crippen molar-refractivity contribution in [3.05, 3.63) is 0 Å². The van der Waals surface area contributed by atoms with Gasteiger partial charge in [0, 0.05) is 21.9 Å². The van der Waals surface area contributed by atoms with Gasteiger partial charge in [0.1, 0.15) is 0 Å². The molecule has 1 aliphatic heterocycles. The van der Waals surface area contributed by atoms with Crippen molar-refractivity contribution in [2.75, 3.05) is 0 Å². The molecule has 0 aliphatic carbocycles. The van der Waals surface area contributed by atoms with Crippen LogP contribution in [-0.4, -0.2) is 24.2 Å². The first kappa shape index (κ1) is 10.6. The van der Waals surface area contributed by atoms with Crippen molar-refractivity contribution in [3.8, 4) is 10.8 Å². The molecule has 3 nitrogen and oxygen atoms in total. The Morgan fingerprint density at radius 2 is 2.31 bits per heavy atom. The second kappa shape index (κ2) is 4.64. The third kappa shape index (κ3) is 3.02. The molecule has 0 aromatic heterocycles. The van der Waals surface area contributed by atoms with Crippen molar-refractivity contribution in [3.63, 3.8) is 0 Å². The van der Waals surface area contributed by atoms with Crippen molar-refractivity contribution in [1.82, 2.24) is 5.32 Å². The maximum absolute atomic E-state index is 11.1. The first-order chi connectivity index (χ1) is 6.13. The zero-order chi connectivity index (χ0) is 9.84. The second-order valence-electron chi connectivity index (χ2n) is 3.19. The Morgan fingerprint density at radius 3 is 2.77 bits per heavy atom. The third-order valence-electron chi connectivity index (χ3n) is 2.08. The molecule has 1 N–H and O–H groups in total. The van der Waals surface area contributed by atoms with Crippen LogP contribution in [-0.2, 0) is 9.53 Å². The van der Waals surface area contributed by atoms with Crippen LogP contribution in [0, 0.1) is 10.8 Å². The van der Waals surface area contributed by atoms with Gasteiger partial charge in [-0.2, -0.15) is 0 Å². The van der Waals surface area contributed by atoms with Crippen LogP contribution in [0.15, 0.2) is 0 Å². The molecule has 1 rings (SSSR count). The van der Waals surface area contributed by atoms with Crippen LogP contribution in [0.5, 0.6) is 0 Å². The summed E-state index contributed by atoms with van der Waals surface area (Å²) in [5.74, 6) is 2.11. The highest BCUT2D eigenvalue weighted by atomic mass is 79.9. The zero-order valence-electron chi connectivity index (χ0n) is 7.63. The predicted octanol–water partition coefficient (Wildman–Crippen LogP) is 1.02. The largest absolute Gasteiger partial charge is 0.373 e. The number of hydrogen-bond donors (Lipinski definition) is 1. The van der Waals surface area contributed by atoms with E-state index in [0.717, 1.165) is 6.42 Å². The lowest BCUT2D eigenvalue weighted by atomic mass is 10.1. The molecule has 0 bridgehead atoms. The Labute approximate surface area is 86.3 Å². The van der Waals surface area contributed by atoms with E-state index in [2.05, 4.69) is 32.0 Å². The Hall–Kier alpha value is -0.530. The fraction of sp³-hybridized carbons (Fsp3) is 0.667. The normalized spacial score (nSPS) is 32.1. The molecule has 3 unspecified atom stereocenters. The van der Waals surface area contributed by atoms with E-state index < -0.39 is 0 Å². The number of carbonyl (C=O) groups excluding carboxylic acids is 1. The molecule has 1 heterocycles. The van der Waals surface area contributed by atoms with Gasteiger partial charge < -0.3 is 10.1 Å². The van der Waals surface area contributed by atoms with E-state index >= 15 is 0 Å². The summed E-state index contributed by atoms with van der Waals surface area (Å²) < 4.78 is 5.48. The Bertz CT molecular complexity index is 256. The number of nitrogens with one attached hydrogen (secondary N) is 1. The van der Waals surface area contributed by atoms with E-state index in [0.29, 0.717) is 0 Å². The summed E-state index contributed by atoms with van der Waals surface area (Å²) >= 11 is 2.87. The van der Waals surface area contributed by atoms with E-state index in [1.807, 2.05) is 13.8 Å². The molecule has 1 aliphatic rings. The SMILES string of the molecule is CC1CC(NC(=O)C#CBr)C(C)O1. The summed E-state index contributed by atoms with van der Waals surface area (Å²) in [6.07, 6.45) is 1.16. The fourth-order valence-corrected chi connectivity index (χ4v) is 1.67. The van der Waals surface area contributed by atoms with Crippen LogP contribution in [0.2, 0.25) is 0 Å². The van der Waals surface area contributed by atoms with Crippen molar-refractivity contribution < 1.29 is 9.53 Å². The number of halogens is 1. The van der Waals surface area contributed by atoms with E-state index in [1.54, 1.807) is 0 Å². The van der Waals surface area contributed by atoms with Crippen molar-refractivity contribution >= 4 is 21.8 Å². The van der Waals surface area contributed by atoms with Gasteiger partial charge in [-0.1, -0.05) is 0 Å². The topological polar surface area (TPSA) is 38.3 Å². The van der Waals surface area contributed by atoms with Crippen LogP contribution < -0.4 is 5.32 Å².